The number of ether oxygens (including phenoxy) is 1. The van der Waals surface area contributed by atoms with Gasteiger partial charge in [-0.25, -0.2) is 9.47 Å². The normalized spacial score (nSPS) is 10.7. The molecule has 8 nitrogen and oxygen atoms in total. The Bertz CT molecular complexity index is 727. The van der Waals surface area contributed by atoms with E-state index in [-0.39, 0.29) is 17.6 Å². The quantitative estimate of drug-likeness (QED) is 0.463. The van der Waals surface area contributed by atoms with Crippen LogP contribution in [0.25, 0.3) is 0 Å². The summed E-state index contributed by atoms with van der Waals surface area (Å²) in [7, 11) is 1.32. The number of methoxy groups -OCH3 is 1. The zero-order valence-corrected chi connectivity index (χ0v) is 14.5. The summed E-state index contributed by atoms with van der Waals surface area (Å²) in [6.07, 6.45) is 0. The van der Waals surface area contributed by atoms with Crippen LogP contribution in [0.3, 0.4) is 0 Å². The van der Waals surface area contributed by atoms with Crippen LogP contribution in [-0.4, -0.2) is 39.6 Å². The Balaban J connectivity index is 1.90. The first-order valence-electron chi connectivity index (χ1n) is 7.23. The van der Waals surface area contributed by atoms with Gasteiger partial charge in [-0.1, -0.05) is 25.6 Å². The SMILES string of the molecule is COC(=O)c1ccc(NC(=O)CSc2nnc(C(C)C)n2N)cc1. The molecule has 9 heteroatoms. The fraction of sp³-hybridized carbons (Fsp3) is 0.333. The third kappa shape index (κ3) is 4.25. The van der Waals surface area contributed by atoms with E-state index in [2.05, 4.69) is 20.3 Å². The van der Waals surface area contributed by atoms with Gasteiger partial charge in [0.1, 0.15) is 0 Å². The van der Waals surface area contributed by atoms with E-state index in [9.17, 15) is 9.59 Å². The molecule has 0 saturated heterocycles. The van der Waals surface area contributed by atoms with Crippen molar-refractivity contribution in [2.75, 3.05) is 24.0 Å². The molecule has 1 aromatic heterocycles. The first kappa shape index (κ1) is 17.8. The van der Waals surface area contributed by atoms with Gasteiger partial charge in [0.25, 0.3) is 0 Å². The second-order valence-electron chi connectivity index (χ2n) is 5.27. The summed E-state index contributed by atoms with van der Waals surface area (Å²) in [5.41, 5.74) is 1.01. The molecular weight excluding hydrogens is 330 g/mol. The van der Waals surface area contributed by atoms with Gasteiger partial charge in [-0.3, -0.25) is 4.79 Å². The van der Waals surface area contributed by atoms with Gasteiger partial charge < -0.3 is 15.9 Å². The summed E-state index contributed by atoms with van der Waals surface area (Å²) in [5, 5.41) is 11.2. The number of rotatable bonds is 6. The number of benzene rings is 1. The lowest BCUT2D eigenvalue weighted by Gasteiger charge is -2.07. The number of carbonyl (C=O) groups is 2. The molecule has 2 aromatic rings. The van der Waals surface area contributed by atoms with Crippen molar-refractivity contribution in [1.82, 2.24) is 14.9 Å². The Labute approximate surface area is 143 Å². The number of aromatic nitrogens is 3. The first-order chi connectivity index (χ1) is 11.4. The Morgan fingerprint density at radius 1 is 1.29 bits per heavy atom. The van der Waals surface area contributed by atoms with Gasteiger partial charge >= 0.3 is 5.97 Å². The van der Waals surface area contributed by atoms with Crippen LogP contribution in [0.1, 0.15) is 35.9 Å². The number of amides is 1. The molecule has 128 valence electrons. The van der Waals surface area contributed by atoms with Gasteiger partial charge in [0.05, 0.1) is 18.4 Å². The van der Waals surface area contributed by atoms with Gasteiger partial charge in [-0.2, -0.15) is 0 Å². The molecule has 0 aliphatic rings. The summed E-state index contributed by atoms with van der Waals surface area (Å²) in [6, 6.07) is 6.44. The fourth-order valence-electron chi connectivity index (χ4n) is 1.92. The maximum atomic E-state index is 12.0. The number of esters is 1. The van der Waals surface area contributed by atoms with Crippen molar-refractivity contribution in [1.29, 1.82) is 0 Å². The summed E-state index contributed by atoms with van der Waals surface area (Å²) in [6.45, 7) is 3.93. The molecule has 2 rings (SSSR count). The van der Waals surface area contributed by atoms with Gasteiger partial charge in [0, 0.05) is 11.6 Å². The number of hydrogen-bond acceptors (Lipinski definition) is 7. The third-order valence-electron chi connectivity index (χ3n) is 3.13. The maximum Gasteiger partial charge on any atom is 0.337 e. The summed E-state index contributed by atoms with van der Waals surface area (Å²) >= 11 is 1.20. The van der Waals surface area contributed by atoms with E-state index in [4.69, 9.17) is 5.84 Å². The first-order valence-corrected chi connectivity index (χ1v) is 8.22. The van der Waals surface area contributed by atoms with Gasteiger partial charge in [-0.05, 0) is 24.3 Å². The molecule has 1 heterocycles. The minimum absolute atomic E-state index is 0.145. The molecule has 0 radical (unpaired) electrons. The summed E-state index contributed by atoms with van der Waals surface area (Å²) < 4.78 is 6.01. The zero-order valence-electron chi connectivity index (χ0n) is 13.6. The van der Waals surface area contributed by atoms with Crippen LogP contribution in [0, 0.1) is 0 Å². The Kier molecular flexibility index (Phi) is 5.80. The highest BCUT2D eigenvalue weighted by atomic mass is 32.2. The number of anilines is 1. The van der Waals surface area contributed by atoms with Gasteiger partial charge in [-0.15, -0.1) is 10.2 Å². The highest BCUT2D eigenvalue weighted by Crippen LogP contribution is 2.19. The molecule has 0 saturated carbocycles. The van der Waals surface area contributed by atoms with E-state index in [1.54, 1.807) is 24.3 Å². The number of thioether (sulfide) groups is 1. The number of nitrogens with two attached hydrogens (primary N) is 1. The molecule has 0 aliphatic heterocycles. The van der Waals surface area contributed by atoms with Crippen LogP contribution in [0.5, 0.6) is 0 Å². The second kappa shape index (κ2) is 7.82. The highest BCUT2D eigenvalue weighted by Gasteiger charge is 2.14. The van der Waals surface area contributed by atoms with E-state index in [1.165, 1.54) is 23.5 Å². The van der Waals surface area contributed by atoms with Crippen LogP contribution < -0.4 is 11.2 Å². The van der Waals surface area contributed by atoms with Crippen LogP contribution >= 0.6 is 11.8 Å². The predicted molar refractivity (Wildman–Crippen MR) is 91.4 cm³/mol. The monoisotopic (exact) mass is 349 g/mol. The Hall–Kier alpha value is -2.55. The minimum atomic E-state index is -0.424. The predicted octanol–water partition coefficient (Wildman–Crippen LogP) is 1.63. The molecule has 0 unspecified atom stereocenters. The van der Waals surface area contributed by atoms with E-state index in [1.807, 2.05) is 13.8 Å². The minimum Gasteiger partial charge on any atom is -0.465 e. The van der Waals surface area contributed by atoms with E-state index in [0.29, 0.717) is 22.2 Å². The van der Waals surface area contributed by atoms with Crippen molar-refractivity contribution < 1.29 is 14.3 Å². The largest absolute Gasteiger partial charge is 0.465 e. The van der Waals surface area contributed by atoms with Gasteiger partial charge in [0.2, 0.25) is 11.1 Å². The summed E-state index contributed by atoms with van der Waals surface area (Å²) in [5.74, 6) is 6.22. The van der Waals surface area contributed by atoms with Crippen molar-refractivity contribution in [3.8, 4) is 0 Å². The highest BCUT2D eigenvalue weighted by molar-refractivity contribution is 7.99. The number of nitrogens with zero attached hydrogens (tertiary/aromatic N) is 3. The maximum absolute atomic E-state index is 12.0. The number of nitrogen functional groups attached to an aromatic ring is 1. The standard InChI is InChI=1S/C15H19N5O3S/c1-9(2)13-18-19-15(20(13)16)24-8-12(21)17-11-6-4-10(5-7-11)14(22)23-3/h4-7,9H,8,16H2,1-3H3,(H,17,21). The second-order valence-corrected chi connectivity index (χ2v) is 6.21. The average molecular weight is 349 g/mol. The van der Waals surface area contributed by atoms with E-state index < -0.39 is 5.97 Å². The zero-order chi connectivity index (χ0) is 17.7. The van der Waals surface area contributed by atoms with E-state index in [0.717, 1.165) is 0 Å². The molecular formula is C15H19N5O3S. The van der Waals surface area contributed by atoms with Crippen molar-refractivity contribution in [3.05, 3.63) is 35.7 Å². The van der Waals surface area contributed by atoms with Crippen molar-refractivity contribution in [2.45, 2.75) is 24.9 Å². The fourth-order valence-corrected chi connectivity index (χ4v) is 2.58. The average Bonchev–Trinajstić information content (AvgIpc) is 2.94. The molecule has 3 N–H and O–H groups in total. The number of hydrogen-bond donors (Lipinski definition) is 2. The number of nitrogens with one attached hydrogen (secondary N) is 1. The lowest BCUT2D eigenvalue weighted by molar-refractivity contribution is -0.113. The lowest BCUT2D eigenvalue weighted by Crippen LogP contribution is -2.17. The molecule has 1 aromatic carbocycles. The van der Waals surface area contributed by atoms with Crippen LogP contribution in [0.4, 0.5) is 5.69 Å². The smallest absolute Gasteiger partial charge is 0.337 e. The van der Waals surface area contributed by atoms with E-state index >= 15 is 0 Å². The molecule has 24 heavy (non-hydrogen) atoms. The Morgan fingerprint density at radius 2 is 1.96 bits per heavy atom. The van der Waals surface area contributed by atoms with Crippen molar-refractivity contribution >= 4 is 29.3 Å². The van der Waals surface area contributed by atoms with Gasteiger partial charge in [0.15, 0.2) is 5.82 Å². The Morgan fingerprint density at radius 3 is 2.50 bits per heavy atom. The van der Waals surface area contributed by atoms with Crippen LogP contribution in [0.2, 0.25) is 0 Å². The van der Waals surface area contributed by atoms with Crippen molar-refractivity contribution in [3.63, 3.8) is 0 Å². The van der Waals surface area contributed by atoms with Crippen molar-refractivity contribution in [2.24, 2.45) is 0 Å². The molecule has 0 aliphatic carbocycles. The molecule has 1 amide bonds. The summed E-state index contributed by atoms with van der Waals surface area (Å²) in [4.78, 5) is 23.3. The molecule has 0 atom stereocenters. The lowest BCUT2D eigenvalue weighted by atomic mass is 10.2. The van der Waals surface area contributed by atoms with Crippen LogP contribution in [0.15, 0.2) is 29.4 Å². The van der Waals surface area contributed by atoms with Crippen LogP contribution in [-0.2, 0) is 9.53 Å². The number of carbonyl (C=O) groups excluding carboxylic acids is 2. The molecule has 0 bridgehead atoms. The molecule has 0 spiro atoms. The topological polar surface area (TPSA) is 112 Å². The third-order valence-corrected chi connectivity index (χ3v) is 4.07. The molecule has 0 fully saturated rings.